The molecule has 1 unspecified atom stereocenters. The summed E-state index contributed by atoms with van der Waals surface area (Å²) in [5.41, 5.74) is 0.588. The van der Waals surface area contributed by atoms with Gasteiger partial charge in [-0.3, -0.25) is 4.79 Å². The summed E-state index contributed by atoms with van der Waals surface area (Å²) in [5, 5.41) is 0. The van der Waals surface area contributed by atoms with E-state index in [0.29, 0.717) is 30.7 Å². The van der Waals surface area contributed by atoms with Gasteiger partial charge in [0, 0.05) is 24.6 Å². The Morgan fingerprint density at radius 3 is 2.40 bits per heavy atom. The average Bonchev–Trinajstić information content (AvgIpc) is 2.68. The Morgan fingerprint density at radius 2 is 1.76 bits per heavy atom. The number of ether oxygens (including phenoxy) is 1. The molecule has 0 spiro atoms. The van der Waals surface area contributed by atoms with E-state index >= 15 is 0 Å². The van der Waals surface area contributed by atoms with Gasteiger partial charge in [-0.2, -0.15) is 4.31 Å². The Balaban J connectivity index is 1.77. The highest BCUT2D eigenvalue weighted by atomic mass is 32.2. The molecule has 1 saturated heterocycles. The van der Waals surface area contributed by atoms with Crippen molar-refractivity contribution in [3.63, 3.8) is 0 Å². The van der Waals surface area contributed by atoms with E-state index in [9.17, 15) is 13.2 Å². The molecular weight excluding hydrogens is 338 g/mol. The molecule has 0 radical (unpaired) electrons. The summed E-state index contributed by atoms with van der Waals surface area (Å²) >= 11 is 0. The number of hydrogen-bond acceptors (Lipinski definition) is 4. The monoisotopic (exact) mass is 359 g/mol. The highest BCUT2D eigenvalue weighted by Crippen LogP contribution is 2.26. The molecule has 132 valence electrons. The van der Waals surface area contributed by atoms with E-state index in [4.69, 9.17) is 4.74 Å². The average molecular weight is 359 g/mol. The number of Topliss-reactive ketones (excluding diaryl/α,β-unsaturated/α-hetero) is 1. The van der Waals surface area contributed by atoms with Gasteiger partial charge in [-0.25, -0.2) is 8.42 Å². The zero-order chi connectivity index (χ0) is 17.9. The van der Waals surface area contributed by atoms with Crippen molar-refractivity contribution in [1.29, 1.82) is 0 Å². The van der Waals surface area contributed by atoms with Crippen LogP contribution < -0.4 is 4.74 Å². The van der Waals surface area contributed by atoms with Gasteiger partial charge >= 0.3 is 0 Å². The lowest BCUT2D eigenvalue weighted by Crippen LogP contribution is -2.42. The highest BCUT2D eigenvalue weighted by Gasteiger charge is 2.33. The number of ketones is 1. The van der Waals surface area contributed by atoms with Crippen molar-refractivity contribution in [2.45, 2.75) is 17.7 Å². The van der Waals surface area contributed by atoms with E-state index in [1.165, 1.54) is 4.31 Å². The van der Waals surface area contributed by atoms with E-state index in [0.717, 1.165) is 0 Å². The third kappa shape index (κ3) is 3.75. The van der Waals surface area contributed by atoms with Crippen LogP contribution in [-0.2, 0) is 10.0 Å². The molecule has 6 heteroatoms. The fourth-order valence-electron chi connectivity index (χ4n) is 3.11. The molecule has 1 atom stereocenters. The Morgan fingerprint density at radius 1 is 1.08 bits per heavy atom. The Labute approximate surface area is 148 Å². The number of rotatable bonds is 5. The molecule has 5 nitrogen and oxygen atoms in total. The van der Waals surface area contributed by atoms with Crippen LogP contribution >= 0.6 is 0 Å². The zero-order valence-corrected chi connectivity index (χ0v) is 14.9. The van der Waals surface area contributed by atoms with E-state index in [1.807, 2.05) is 0 Å². The molecule has 0 N–H and O–H groups in total. The first-order valence-electron chi connectivity index (χ1n) is 8.26. The van der Waals surface area contributed by atoms with Crippen molar-refractivity contribution in [3.05, 3.63) is 60.2 Å². The third-order valence-corrected chi connectivity index (χ3v) is 6.39. The van der Waals surface area contributed by atoms with Crippen molar-refractivity contribution in [3.8, 4) is 5.75 Å². The maximum absolute atomic E-state index is 12.8. The van der Waals surface area contributed by atoms with Crippen LogP contribution in [0.2, 0.25) is 0 Å². The van der Waals surface area contributed by atoms with Crippen LogP contribution in [0.15, 0.2) is 59.5 Å². The molecule has 1 fully saturated rings. The second-order valence-corrected chi connectivity index (χ2v) is 8.05. The van der Waals surface area contributed by atoms with Gasteiger partial charge in [0.1, 0.15) is 5.75 Å². The van der Waals surface area contributed by atoms with Gasteiger partial charge in [-0.1, -0.05) is 18.2 Å². The normalized spacial score (nSPS) is 18.7. The van der Waals surface area contributed by atoms with Gasteiger partial charge in [0.25, 0.3) is 0 Å². The Bertz CT molecular complexity index is 831. The lowest BCUT2D eigenvalue weighted by atomic mass is 9.91. The molecule has 0 aliphatic carbocycles. The zero-order valence-electron chi connectivity index (χ0n) is 14.1. The van der Waals surface area contributed by atoms with Gasteiger partial charge in [-0.05, 0) is 49.2 Å². The van der Waals surface area contributed by atoms with Crippen LogP contribution in [0, 0.1) is 5.92 Å². The highest BCUT2D eigenvalue weighted by molar-refractivity contribution is 7.89. The maximum atomic E-state index is 12.8. The number of carbonyl (C=O) groups excluding carboxylic acids is 1. The van der Waals surface area contributed by atoms with Gasteiger partial charge in [0.15, 0.2) is 5.78 Å². The molecular formula is C19H21NO4S. The molecule has 2 aromatic rings. The first kappa shape index (κ1) is 17.6. The minimum absolute atomic E-state index is 0.0179. The molecule has 1 heterocycles. The summed E-state index contributed by atoms with van der Waals surface area (Å²) in [5.74, 6) is 0.352. The van der Waals surface area contributed by atoms with Crippen molar-refractivity contribution >= 4 is 15.8 Å². The van der Waals surface area contributed by atoms with E-state index < -0.39 is 10.0 Å². The summed E-state index contributed by atoms with van der Waals surface area (Å²) < 4.78 is 32.1. The largest absolute Gasteiger partial charge is 0.497 e. The summed E-state index contributed by atoms with van der Waals surface area (Å²) in [7, 11) is -1.99. The van der Waals surface area contributed by atoms with Crippen LogP contribution in [0.3, 0.4) is 0 Å². The van der Waals surface area contributed by atoms with Crippen molar-refractivity contribution < 1.29 is 17.9 Å². The van der Waals surface area contributed by atoms with Gasteiger partial charge in [0.2, 0.25) is 10.0 Å². The summed E-state index contributed by atoms with van der Waals surface area (Å²) in [6.07, 6.45) is 1.38. The number of hydrogen-bond donors (Lipinski definition) is 0. The molecule has 0 aromatic heterocycles. The number of piperidine rings is 1. The smallest absolute Gasteiger partial charge is 0.243 e. The molecule has 0 amide bonds. The summed E-state index contributed by atoms with van der Waals surface area (Å²) in [6.45, 7) is 0.672. The summed E-state index contributed by atoms with van der Waals surface area (Å²) in [6, 6.07) is 15.3. The number of carbonyl (C=O) groups is 1. The number of methoxy groups -OCH3 is 1. The van der Waals surface area contributed by atoms with Crippen molar-refractivity contribution in [2.75, 3.05) is 20.2 Å². The molecule has 1 aliphatic heterocycles. The molecule has 2 aromatic carbocycles. The van der Waals surface area contributed by atoms with E-state index in [2.05, 4.69) is 0 Å². The first-order chi connectivity index (χ1) is 12.0. The minimum Gasteiger partial charge on any atom is -0.497 e. The molecule has 3 rings (SSSR count). The SMILES string of the molecule is COc1ccc(C(=O)C2CCCN(S(=O)(=O)c3ccccc3)C2)cc1. The van der Waals surface area contributed by atoms with Crippen LogP contribution in [0.1, 0.15) is 23.2 Å². The quantitative estimate of drug-likeness (QED) is 0.770. The standard InChI is InChI=1S/C19H21NO4S/c1-24-17-11-9-15(10-12-17)19(21)16-6-5-13-20(14-16)25(22,23)18-7-3-2-4-8-18/h2-4,7-12,16H,5-6,13-14H2,1H3. The maximum Gasteiger partial charge on any atom is 0.243 e. The summed E-state index contributed by atoms with van der Waals surface area (Å²) in [4.78, 5) is 13.0. The molecule has 0 bridgehead atoms. The van der Waals surface area contributed by atoms with E-state index in [-0.39, 0.29) is 23.1 Å². The van der Waals surface area contributed by atoms with Gasteiger partial charge in [0.05, 0.1) is 12.0 Å². The van der Waals surface area contributed by atoms with Gasteiger partial charge in [-0.15, -0.1) is 0 Å². The predicted octanol–water partition coefficient (Wildman–Crippen LogP) is 2.98. The second kappa shape index (κ2) is 7.37. The van der Waals surface area contributed by atoms with Crippen LogP contribution in [0.5, 0.6) is 5.75 Å². The fourth-order valence-corrected chi connectivity index (χ4v) is 4.65. The number of benzene rings is 2. The predicted molar refractivity (Wildman–Crippen MR) is 95.2 cm³/mol. The second-order valence-electron chi connectivity index (χ2n) is 6.11. The Kier molecular flexibility index (Phi) is 5.20. The fraction of sp³-hybridized carbons (Fsp3) is 0.316. The molecule has 1 aliphatic rings. The first-order valence-corrected chi connectivity index (χ1v) is 9.70. The van der Waals surface area contributed by atoms with Gasteiger partial charge < -0.3 is 4.74 Å². The van der Waals surface area contributed by atoms with Crippen LogP contribution in [0.4, 0.5) is 0 Å². The molecule has 0 saturated carbocycles. The van der Waals surface area contributed by atoms with Crippen LogP contribution in [0.25, 0.3) is 0 Å². The van der Waals surface area contributed by atoms with E-state index in [1.54, 1.807) is 61.7 Å². The topological polar surface area (TPSA) is 63.7 Å². The Hall–Kier alpha value is -2.18. The van der Waals surface area contributed by atoms with Crippen LogP contribution in [-0.4, -0.2) is 38.7 Å². The number of sulfonamides is 1. The lowest BCUT2D eigenvalue weighted by Gasteiger charge is -2.31. The minimum atomic E-state index is -3.56. The van der Waals surface area contributed by atoms with Crippen molar-refractivity contribution in [1.82, 2.24) is 4.31 Å². The molecule has 25 heavy (non-hydrogen) atoms. The lowest BCUT2D eigenvalue weighted by molar-refractivity contribution is 0.0872. The number of nitrogens with zero attached hydrogens (tertiary/aromatic N) is 1. The van der Waals surface area contributed by atoms with Crippen molar-refractivity contribution in [2.24, 2.45) is 5.92 Å². The third-order valence-electron chi connectivity index (χ3n) is 4.51.